The second-order valence-corrected chi connectivity index (χ2v) is 7.80. The summed E-state index contributed by atoms with van der Waals surface area (Å²) in [5.41, 5.74) is 1.49. The number of hydrogen-bond acceptors (Lipinski definition) is 6. The number of carbonyl (C=O) groups excluding carboxylic acids is 1. The molecule has 5 nitrogen and oxygen atoms in total. The van der Waals surface area contributed by atoms with Crippen LogP contribution >= 0.6 is 22.7 Å². The van der Waals surface area contributed by atoms with Gasteiger partial charge in [-0.1, -0.05) is 6.07 Å². The van der Waals surface area contributed by atoms with Gasteiger partial charge in [0.15, 0.2) is 11.5 Å². The number of aromatic nitrogens is 1. The number of hydrogen-bond donors (Lipinski definition) is 1. The van der Waals surface area contributed by atoms with Crippen LogP contribution < -0.4 is 14.8 Å². The van der Waals surface area contributed by atoms with Crippen LogP contribution in [0, 0.1) is 6.92 Å². The Balaban J connectivity index is 1.60. The zero-order chi connectivity index (χ0) is 18.5. The molecular weight excluding hydrogens is 368 g/mol. The van der Waals surface area contributed by atoms with Gasteiger partial charge >= 0.3 is 0 Å². The van der Waals surface area contributed by atoms with Gasteiger partial charge in [-0.05, 0) is 37.6 Å². The Morgan fingerprint density at radius 1 is 1.19 bits per heavy atom. The van der Waals surface area contributed by atoms with Gasteiger partial charge in [0.1, 0.15) is 0 Å². The summed E-state index contributed by atoms with van der Waals surface area (Å²) >= 11 is 3.36. The maximum atomic E-state index is 12.5. The molecule has 2 aromatic heterocycles. The highest BCUT2D eigenvalue weighted by Gasteiger charge is 2.16. The SMILES string of the molecule is COc1cccc(C(=O)NCCc2ccc(-c3csc(C)n3)s2)c1OC. The van der Waals surface area contributed by atoms with Crippen LogP contribution in [0.4, 0.5) is 0 Å². The number of ether oxygens (including phenoxy) is 2. The molecule has 1 aromatic carbocycles. The van der Waals surface area contributed by atoms with Gasteiger partial charge in [-0.25, -0.2) is 4.98 Å². The zero-order valence-electron chi connectivity index (χ0n) is 14.9. The summed E-state index contributed by atoms with van der Waals surface area (Å²) in [4.78, 5) is 19.3. The highest BCUT2D eigenvalue weighted by Crippen LogP contribution is 2.31. The number of aryl methyl sites for hydroxylation is 1. The fourth-order valence-corrected chi connectivity index (χ4v) is 4.24. The first-order valence-corrected chi connectivity index (χ1v) is 9.82. The third-order valence-electron chi connectivity index (χ3n) is 3.84. The van der Waals surface area contributed by atoms with Crippen molar-refractivity contribution in [1.82, 2.24) is 10.3 Å². The molecule has 136 valence electrons. The second kappa shape index (κ2) is 8.33. The van der Waals surface area contributed by atoms with E-state index >= 15 is 0 Å². The number of carbonyl (C=O) groups is 1. The number of benzene rings is 1. The molecule has 1 N–H and O–H groups in total. The van der Waals surface area contributed by atoms with Gasteiger partial charge in [0.25, 0.3) is 5.91 Å². The van der Waals surface area contributed by atoms with Crippen molar-refractivity contribution in [3.05, 3.63) is 51.2 Å². The minimum atomic E-state index is -0.173. The molecule has 0 saturated heterocycles. The van der Waals surface area contributed by atoms with Crippen LogP contribution in [0.3, 0.4) is 0 Å². The smallest absolute Gasteiger partial charge is 0.255 e. The van der Waals surface area contributed by atoms with Gasteiger partial charge in [0.05, 0.1) is 35.4 Å². The molecular formula is C19H20N2O3S2. The van der Waals surface area contributed by atoms with E-state index in [1.807, 2.05) is 6.92 Å². The Morgan fingerprint density at radius 3 is 2.73 bits per heavy atom. The normalized spacial score (nSPS) is 10.6. The fourth-order valence-electron chi connectivity index (χ4n) is 2.59. The first-order chi connectivity index (χ1) is 12.6. The van der Waals surface area contributed by atoms with E-state index in [1.54, 1.807) is 48.0 Å². The summed E-state index contributed by atoms with van der Waals surface area (Å²) in [7, 11) is 3.08. The van der Waals surface area contributed by atoms with Gasteiger partial charge in [-0.2, -0.15) is 0 Å². The lowest BCUT2D eigenvalue weighted by Crippen LogP contribution is -2.26. The monoisotopic (exact) mass is 388 g/mol. The molecule has 2 heterocycles. The van der Waals surface area contributed by atoms with Crippen molar-refractivity contribution >= 4 is 28.6 Å². The average molecular weight is 389 g/mol. The molecule has 26 heavy (non-hydrogen) atoms. The lowest BCUT2D eigenvalue weighted by Gasteiger charge is -2.12. The predicted octanol–water partition coefficient (Wildman–Crippen LogP) is 4.17. The van der Waals surface area contributed by atoms with Crippen LogP contribution in [-0.2, 0) is 6.42 Å². The largest absolute Gasteiger partial charge is 0.493 e. The van der Waals surface area contributed by atoms with Crippen LogP contribution in [0.1, 0.15) is 20.2 Å². The van der Waals surface area contributed by atoms with E-state index < -0.39 is 0 Å². The molecule has 0 fully saturated rings. The Labute approximate surface area is 160 Å². The maximum absolute atomic E-state index is 12.5. The Bertz CT molecular complexity index is 902. The molecule has 0 unspecified atom stereocenters. The van der Waals surface area contributed by atoms with Crippen LogP contribution in [-0.4, -0.2) is 31.7 Å². The summed E-state index contributed by atoms with van der Waals surface area (Å²) in [6.07, 6.45) is 0.770. The van der Waals surface area contributed by atoms with Crippen molar-refractivity contribution in [3.8, 4) is 22.1 Å². The molecule has 0 aliphatic heterocycles. The standard InChI is InChI=1S/C19H20N2O3S2/c1-12-21-15(11-25-12)17-8-7-13(26-17)9-10-20-19(22)14-5-4-6-16(23-2)18(14)24-3/h4-8,11H,9-10H2,1-3H3,(H,20,22). The summed E-state index contributed by atoms with van der Waals surface area (Å²) in [5.74, 6) is 0.819. The third kappa shape index (κ3) is 4.05. The molecule has 3 rings (SSSR count). The van der Waals surface area contributed by atoms with E-state index in [4.69, 9.17) is 9.47 Å². The van der Waals surface area contributed by atoms with Crippen molar-refractivity contribution in [2.45, 2.75) is 13.3 Å². The first kappa shape index (κ1) is 18.4. The van der Waals surface area contributed by atoms with Crippen LogP contribution in [0.5, 0.6) is 11.5 Å². The van der Waals surface area contributed by atoms with E-state index in [-0.39, 0.29) is 5.91 Å². The minimum Gasteiger partial charge on any atom is -0.493 e. The van der Waals surface area contributed by atoms with Crippen molar-refractivity contribution in [1.29, 1.82) is 0 Å². The van der Waals surface area contributed by atoms with Gasteiger partial charge in [0, 0.05) is 16.8 Å². The molecule has 0 aliphatic rings. The summed E-state index contributed by atoms with van der Waals surface area (Å²) < 4.78 is 10.6. The lowest BCUT2D eigenvalue weighted by atomic mass is 10.1. The second-order valence-electron chi connectivity index (χ2n) is 5.56. The molecule has 1 amide bonds. The maximum Gasteiger partial charge on any atom is 0.255 e. The number of nitrogens with zero attached hydrogens (tertiary/aromatic N) is 1. The summed E-state index contributed by atoms with van der Waals surface area (Å²) in [6.45, 7) is 2.56. The topological polar surface area (TPSA) is 60.5 Å². The molecule has 3 aromatic rings. The summed E-state index contributed by atoms with van der Waals surface area (Å²) in [5, 5.41) is 6.08. The van der Waals surface area contributed by atoms with Crippen LogP contribution in [0.25, 0.3) is 10.6 Å². The fraction of sp³-hybridized carbons (Fsp3) is 0.263. The number of methoxy groups -OCH3 is 2. The van der Waals surface area contributed by atoms with Gasteiger partial charge in [0.2, 0.25) is 0 Å². The highest BCUT2D eigenvalue weighted by atomic mass is 32.1. The van der Waals surface area contributed by atoms with Crippen LogP contribution in [0.15, 0.2) is 35.7 Å². The number of thiazole rings is 1. The van der Waals surface area contributed by atoms with Gasteiger partial charge in [-0.15, -0.1) is 22.7 Å². The van der Waals surface area contributed by atoms with Gasteiger partial charge < -0.3 is 14.8 Å². The molecule has 0 spiro atoms. The summed E-state index contributed by atoms with van der Waals surface area (Å²) in [6, 6.07) is 9.44. The van der Waals surface area contributed by atoms with E-state index in [0.717, 1.165) is 22.0 Å². The molecule has 0 radical (unpaired) electrons. The van der Waals surface area contributed by atoms with Crippen molar-refractivity contribution in [3.63, 3.8) is 0 Å². The minimum absolute atomic E-state index is 0.173. The molecule has 7 heteroatoms. The number of para-hydroxylation sites is 1. The van der Waals surface area contributed by atoms with Crippen molar-refractivity contribution in [2.75, 3.05) is 20.8 Å². The Morgan fingerprint density at radius 2 is 2.04 bits per heavy atom. The molecule has 0 saturated carbocycles. The van der Waals surface area contributed by atoms with Crippen molar-refractivity contribution in [2.24, 2.45) is 0 Å². The Hall–Kier alpha value is -2.38. The average Bonchev–Trinajstić information content (AvgIpc) is 3.29. The van der Waals surface area contributed by atoms with Gasteiger partial charge in [-0.3, -0.25) is 4.79 Å². The van der Waals surface area contributed by atoms with E-state index in [1.165, 1.54) is 12.0 Å². The highest BCUT2D eigenvalue weighted by molar-refractivity contribution is 7.16. The number of rotatable bonds is 7. The molecule has 0 bridgehead atoms. The Kier molecular flexibility index (Phi) is 5.90. The molecule has 0 aliphatic carbocycles. The van der Waals surface area contributed by atoms with Crippen LogP contribution in [0.2, 0.25) is 0 Å². The van der Waals surface area contributed by atoms with E-state index in [0.29, 0.717) is 23.6 Å². The molecule has 0 atom stereocenters. The number of amides is 1. The third-order valence-corrected chi connectivity index (χ3v) is 5.78. The number of nitrogens with one attached hydrogen (secondary N) is 1. The first-order valence-electron chi connectivity index (χ1n) is 8.12. The lowest BCUT2D eigenvalue weighted by molar-refractivity contribution is 0.0950. The quantitative estimate of drug-likeness (QED) is 0.660. The van der Waals surface area contributed by atoms with E-state index in [9.17, 15) is 4.79 Å². The number of thiophene rings is 1. The van der Waals surface area contributed by atoms with E-state index in [2.05, 4.69) is 27.8 Å². The zero-order valence-corrected chi connectivity index (χ0v) is 16.5. The predicted molar refractivity (Wildman–Crippen MR) is 106 cm³/mol. The van der Waals surface area contributed by atoms with Crippen molar-refractivity contribution < 1.29 is 14.3 Å².